The summed E-state index contributed by atoms with van der Waals surface area (Å²) in [6, 6.07) is 20.5. The van der Waals surface area contributed by atoms with E-state index in [9.17, 15) is 13.2 Å². The van der Waals surface area contributed by atoms with Gasteiger partial charge in [0.25, 0.3) is 5.91 Å². The van der Waals surface area contributed by atoms with Crippen molar-refractivity contribution in [2.45, 2.75) is 24.9 Å². The highest BCUT2D eigenvalue weighted by atomic mass is 32.2. The van der Waals surface area contributed by atoms with Crippen LogP contribution in [-0.4, -0.2) is 25.1 Å². The second-order valence-electron chi connectivity index (χ2n) is 7.09. The number of aromatic nitrogens is 1. The maximum atomic E-state index is 12.7. The van der Waals surface area contributed by atoms with Crippen molar-refractivity contribution in [1.82, 2.24) is 9.88 Å². The van der Waals surface area contributed by atoms with Crippen LogP contribution in [0.5, 0.6) is 0 Å². The molecule has 1 amide bonds. The number of nitrogens with zero attached hydrogens (tertiary/aromatic N) is 1. The quantitative estimate of drug-likeness (QED) is 0.541. The predicted molar refractivity (Wildman–Crippen MR) is 116 cm³/mol. The number of fused-ring (bicyclic) bond motifs is 3. The lowest BCUT2D eigenvalue weighted by Crippen LogP contribution is -2.22. The van der Waals surface area contributed by atoms with Gasteiger partial charge in [-0.1, -0.05) is 30.3 Å². The number of nitrogens with one attached hydrogen (secondary N) is 1. The molecule has 1 aromatic heterocycles. The van der Waals surface area contributed by atoms with Crippen LogP contribution in [0.3, 0.4) is 0 Å². The summed E-state index contributed by atoms with van der Waals surface area (Å²) in [5.74, 6) is -0.160. The minimum atomic E-state index is -3.22. The van der Waals surface area contributed by atoms with E-state index in [1.807, 2.05) is 30.3 Å². The van der Waals surface area contributed by atoms with Crippen molar-refractivity contribution >= 4 is 37.6 Å². The van der Waals surface area contributed by atoms with Crippen molar-refractivity contribution in [3.8, 4) is 0 Å². The summed E-state index contributed by atoms with van der Waals surface area (Å²) in [7, 11) is -3.22. The first-order valence-corrected chi connectivity index (χ1v) is 11.4. The molecule has 3 aromatic carbocycles. The maximum absolute atomic E-state index is 12.7. The molecule has 4 rings (SSSR count). The molecule has 0 aliphatic heterocycles. The predicted octanol–water partition coefficient (Wildman–Crippen LogP) is 4.15. The molecule has 5 nitrogen and oxygen atoms in total. The summed E-state index contributed by atoms with van der Waals surface area (Å²) in [5.41, 5.74) is 3.72. The number of hydrogen-bond acceptors (Lipinski definition) is 3. The molecule has 0 saturated carbocycles. The van der Waals surface area contributed by atoms with Gasteiger partial charge in [-0.25, -0.2) is 8.42 Å². The van der Waals surface area contributed by atoms with Crippen LogP contribution in [0.2, 0.25) is 0 Å². The fraction of sp³-hybridized carbons (Fsp3) is 0.174. The van der Waals surface area contributed by atoms with E-state index >= 15 is 0 Å². The number of carbonyl (C=O) groups excluding carboxylic acids is 1. The molecule has 0 spiro atoms. The monoisotopic (exact) mass is 406 g/mol. The van der Waals surface area contributed by atoms with E-state index in [1.54, 1.807) is 24.3 Å². The van der Waals surface area contributed by atoms with Crippen molar-refractivity contribution in [2.24, 2.45) is 0 Å². The number of rotatable bonds is 5. The second-order valence-corrected chi connectivity index (χ2v) is 9.11. The van der Waals surface area contributed by atoms with Gasteiger partial charge < -0.3 is 9.88 Å². The summed E-state index contributed by atoms with van der Waals surface area (Å²) >= 11 is 0. The van der Waals surface area contributed by atoms with E-state index in [1.165, 1.54) is 6.26 Å². The van der Waals surface area contributed by atoms with Gasteiger partial charge in [0.15, 0.2) is 9.84 Å². The molecule has 0 bridgehead atoms. The molecule has 29 heavy (non-hydrogen) atoms. The molecule has 0 radical (unpaired) electrons. The molecule has 0 saturated heterocycles. The smallest absolute Gasteiger partial charge is 0.251 e. The van der Waals surface area contributed by atoms with Gasteiger partial charge in [-0.05, 0) is 48.9 Å². The van der Waals surface area contributed by atoms with Crippen LogP contribution in [0.4, 0.5) is 0 Å². The van der Waals surface area contributed by atoms with Crippen LogP contribution in [0.25, 0.3) is 21.8 Å². The largest absolute Gasteiger partial charge is 0.348 e. The minimum absolute atomic E-state index is 0.160. The Balaban J connectivity index is 1.58. The third kappa shape index (κ3) is 3.63. The zero-order valence-electron chi connectivity index (χ0n) is 16.3. The molecule has 148 valence electrons. The Hall–Kier alpha value is -3.12. The van der Waals surface area contributed by atoms with Gasteiger partial charge in [-0.3, -0.25) is 4.79 Å². The molecule has 0 fully saturated rings. The first-order valence-electron chi connectivity index (χ1n) is 9.46. The molecule has 4 aromatic rings. The maximum Gasteiger partial charge on any atom is 0.251 e. The molecule has 1 N–H and O–H groups in total. The lowest BCUT2D eigenvalue weighted by Gasteiger charge is -2.07. The summed E-state index contributed by atoms with van der Waals surface area (Å²) in [6.07, 6.45) is 1.18. The summed E-state index contributed by atoms with van der Waals surface area (Å²) in [4.78, 5) is 13.0. The van der Waals surface area contributed by atoms with E-state index in [4.69, 9.17) is 0 Å². The van der Waals surface area contributed by atoms with Gasteiger partial charge in [0, 0.05) is 46.7 Å². The van der Waals surface area contributed by atoms with Crippen LogP contribution >= 0.6 is 0 Å². The third-order valence-electron chi connectivity index (χ3n) is 5.16. The van der Waals surface area contributed by atoms with Crippen LogP contribution in [-0.2, 0) is 22.9 Å². The fourth-order valence-electron chi connectivity index (χ4n) is 3.67. The Kier molecular flexibility index (Phi) is 4.88. The van der Waals surface area contributed by atoms with Gasteiger partial charge >= 0.3 is 0 Å². The van der Waals surface area contributed by atoms with Gasteiger partial charge in [-0.2, -0.15) is 0 Å². The number of sulfone groups is 1. The molecule has 0 aliphatic rings. The Bertz CT molecular complexity index is 1320. The lowest BCUT2D eigenvalue weighted by atomic mass is 10.1. The normalized spacial score (nSPS) is 11.8. The van der Waals surface area contributed by atoms with E-state index in [0.717, 1.165) is 33.9 Å². The SMILES string of the molecule is CCn1c2ccccc2c2cc(C(=O)NCc3ccc(S(C)(=O)=O)cc3)ccc21. The molecule has 6 heteroatoms. The molecule has 0 aliphatic carbocycles. The zero-order chi connectivity index (χ0) is 20.6. The van der Waals surface area contributed by atoms with Crippen LogP contribution in [0, 0.1) is 0 Å². The van der Waals surface area contributed by atoms with Gasteiger partial charge in [0.2, 0.25) is 0 Å². The van der Waals surface area contributed by atoms with Gasteiger partial charge in [-0.15, -0.1) is 0 Å². The van der Waals surface area contributed by atoms with Crippen molar-refractivity contribution in [3.05, 3.63) is 77.9 Å². The molecule has 0 atom stereocenters. The number of benzene rings is 3. The molecule has 1 heterocycles. The number of hydrogen-bond donors (Lipinski definition) is 1. The second kappa shape index (κ2) is 7.37. The van der Waals surface area contributed by atoms with Crippen molar-refractivity contribution in [1.29, 1.82) is 0 Å². The van der Waals surface area contributed by atoms with Crippen molar-refractivity contribution < 1.29 is 13.2 Å². The Morgan fingerprint density at radius 3 is 2.31 bits per heavy atom. The van der Waals surface area contributed by atoms with E-state index in [2.05, 4.69) is 28.9 Å². The summed E-state index contributed by atoms with van der Waals surface area (Å²) in [6.45, 7) is 3.30. The van der Waals surface area contributed by atoms with Crippen molar-refractivity contribution in [3.63, 3.8) is 0 Å². The summed E-state index contributed by atoms with van der Waals surface area (Å²) in [5, 5.41) is 5.11. The van der Waals surface area contributed by atoms with Crippen LogP contribution < -0.4 is 5.32 Å². The van der Waals surface area contributed by atoms with Crippen molar-refractivity contribution in [2.75, 3.05) is 6.26 Å². The minimum Gasteiger partial charge on any atom is -0.348 e. The first kappa shape index (κ1) is 19.2. The number of carbonyl (C=O) groups is 1. The van der Waals surface area contributed by atoms with Gasteiger partial charge in [0.1, 0.15) is 0 Å². The number of para-hydroxylation sites is 1. The Morgan fingerprint density at radius 2 is 1.62 bits per heavy atom. The molecular weight excluding hydrogens is 384 g/mol. The average Bonchev–Trinajstić information content (AvgIpc) is 3.04. The van der Waals surface area contributed by atoms with E-state index in [0.29, 0.717) is 12.1 Å². The van der Waals surface area contributed by atoms with Crippen LogP contribution in [0.1, 0.15) is 22.8 Å². The Morgan fingerprint density at radius 1 is 0.931 bits per heavy atom. The molecule has 0 unspecified atom stereocenters. The van der Waals surface area contributed by atoms with E-state index < -0.39 is 9.84 Å². The average molecular weight is 407 g/mol. The lowest BCUT2D eigenvalue weighted by molar-refractivity contribution is 0.0951. The topological polar surface area (TPSA) is 68.2 Å². The van der Waals surface area contributed by atoms with E-state index in [-0.39, 0.29) is 10.8 Å². The number of amides is 1. The highest BCUT2D eigenvalue weighted by Gasteiger charge is 2.13. The fourth-order valence-corrected chi connectivity index (χ4v) is 4.30. The Labute approximate surface area is 169 Å². The third-order valence-corrected chi connectivity index (χ3v) is 6.28. The summed E-state index contributed by atoms with van der Waals surface area (Å²) < 4.78 is 25.3. The van der Waals surface area contributed by atoms with Crippen LogP contribution in [0.15, 0.2) is 71.6 Å². The standard InChI is InChI=1S/C23H22N2O3S/c1-3-25-21-7-5-4-6-19(21)20-14-17(10-13-22(20)25)23(26)24-15-16-8-11-18(12-9-16)29(2,27)28/h4-14H,3,15H2,1-2H3,(H,24,26). The number of aryl methyl sites for hydroxylation is 1. The zero-order valence-corrected chi connectivity index (χ0v) is 17.2. The van der Waals surface area contributed by atoms with Gasteiger partial charge in [0.05, 0.1) is 4.90 Å². The first-order chi connectivity index (χ1) is 13.9. The molecular formula is C23H22N2O3S. The highest BCUT2D eigenvalue weighted by Crippen LogP contribution is 2.29. The highest BCUT2D eigenvalue weighted by molar-refractivity contribution is 7.90.